The highest BCUT2D eigenvalue weighted by molar-refractivity contribution is 6.33. The summed E-state index contributed by atoms with van der Waals surface area (Å²) < 4.78 is 5.28. The van der Waals surface area contributed by atoms with E-state index in [1.807, 2.05) is 32.0 Å². The zero-order valence-electron chi connectivity index (χ0n) is 12.5. The van der Waals surface area contributed by atoms with Gasteiger partial charge < -0.3 is 9.64 Å². The number of alkyl halides is 1. The number of carbonyl (C=O) groups is 1. The number of ether oxygens (including phenoxy) is 1. The van der Waals surface area contributed by atoms with Gasteiger partial charge in [-0.25, -0.2) is 0 Å². The molecule has 1 aromatic rings. The number of fused-ring (bicyclic) bond motifs is 1. The predicted molar refractivity (Wildman–Crippen MR) is 83.5 cm³/mol. The second kappa shape index (κ2) is 5.13. The quantitative estimate of drug-likeness (QED) is 0.775. The van der Waals surface area contributed by atoms with E-state index in [9.17, 15) is 4.79 Å². The first kappa shape index (κ1) is 14.9. The SMILES string of the molecule is COc1ccc2c(c1)N(C(=O)[C@H](C)Cl)C(C)(C)C=C2C. The topological polar surface area (TPSA) is 29.5 Å². The first-order valence-corrected chi connectivity index (χ1v) is 7.07. The number of hydrogen-bond acceptors (Lipinski definition) is 2. The molecule has 0 aliphatic carbocycles. The molecule has 3 nitrogen and oxygen atoms in total. The van der Waals surface area contributed by atoms with Crippen molar-refractivity contribution in [3.05, 3.63) is 29.8 Å². The van der Waals surface area contributed by atoms with Gasteiger partial charge in [0.15, 0.2) is 0 Å². The molecule has 0 saturated heterocycles. The molecule has 1 aromatic carbocycles. The lowest BCUT2D eigenvalue weighted by atomic mass is 9.88. The number of allylic oxidation sites excluding steroid dienone is 1. The van der Waals surface area contributed by atoms with E-state index in [1.165, 1.54) is 0 Å². The Morgan fingerprint density at radius 1 is 1.40 bits per heavy atom. The summed E-state index contributed by atoms with van der Waals surface area (Å²) in [5.74, 6) is 0.629. The zero-order chi connectivity index (χ0) is 15.1. The van der Waals surface area contributed by atoms with Crippen LogP contribution >= 0.6 is 11.6 Å². The van der Waals surface area contributed by atoms with Crippen LogP contribution in [0.1, 0.15) is 33.3 Å². The van der Waals surface area contributed by atoms with Crippen molar-refractivity contribution >= 4 is 28.8 Å². The van der Waals surface area contributed by atoms with Gasteiger partial charge in [-0.3, -0.25) is 4.79 Å². The van der Waals surface area contributed by atoms with E-state index < -0.39 is 10.9 Å². The molecule has 1 amide bonds. The number of benzene rings is 1. The first-order valence-electron chi connectivity index (χ1n) is 6.64. The Hall–Kier alpha value is -1.48. The molecule has 1 aliphatic rings. The molecule has 20 heavy (non-hydrogen) atoms. The first-order chi connectivity index (χ1) is 9.27. The number of carbonyl (C=O) groups excluding carboxylic acids is 1. The van der Waals surface area contributed by atoms with Crippen molar-refractivity contribution < 1.29 is 9.53 Å². The van der Waals surface area contributed by atoms with Gasteiger partial charge in [-0.1, -0.05) is 6.08 Å². The molecular formula is C16H20ClNO2. The number of rotatable bonds is 2. The van der Waals surface area contributed by atoms with Crippen LogP contribution in [0.5, 0.6) is 5.75 Å². The highest BCUT2D eigenvalue weighted by Crippen LogP contribution is 2.41. The van der Waals surface area contributed by atoms with E-state index in [1.54, 1.807) is 18.9 Å². The Labute approximate surface area is 125 Å². The van der Waals surface area contributed by atoms with E-state index >= 15 is 0 Å². The summed E-state index contributed by atoms with van der Waals surface area (Å²) in [7, 11) is 1.62. The Balaban J connectivity index is 2.65. The molecular weight excluding hydrogens is 274 g/mol. The molecule has 0 unspecified atom stereocenters. The minimum Gasteiger partial charge on any atom is -0.497 e. The van der Waals surface area contributed by atoms with Crippen LogP contribution in [0.15, 0.2) is 24.3 Å². The maximum Gasteiger partial charge on any atom is 0.245 e. The van der Waals surface area contributed by atoms with Gasteiger partial charge in [0.2, 0.25) is 5.91 Å². The maximum absolute atomic E-state index is 12.5. The van der Waals surface area contributed by atoms with Crippen molar-refractivity contribution in [3.63, 3.8) is 0 Å². The fraction of sp³-hybridized carbons (Fsp3) is 0.438. The van der Waals surface area contributed by atoms with Crippen molar-refractivity contribution in [3.8, 4) is 5.75 Å². The molecule has 1 atom stereocenters. The van der Waals surface area contributed by atoms with Gasteiger partial charge in [0.1, 0.15) is 11.1 Å². The third-order valence-corrected chi connectivity index (χ3v) is 3.76. The molecule has 2 rings (SSSR count). The minimum atomic E-state index is -0.569. The second-order valence-corrected chi connectivity index (χ2v) is 6.31. The fourth-order valence-electron chi connectivity index (χ4n) is 2.72. The molecule has 108 valence electrons. The van der Waals surface area contributed by atoms with Crippen LogP contribution in [0.25, 0.3) is 5.57 Å². The van der Waals surface area contributed by atoms with Gasteiger partial charge in [-0.15, -0.1) is 11.6 Å². The van der Waals surface area contributed by atoms with Crippen molar-refractivity contribution in [2.24, 2.45) is 0 Å². The molecule has 1 heterocycles. The molecule has 0 spiro atoms. The minimum absolute atomic E-state index is 0.102. The lowest BCUT2D eigenvalue weighted by molar-refractivity contribution is -0.118. The third kappa shape index (κ3) is 2.42. The Kier molecular flexibility index (Phi) is 3.83. The van der Waals surface area contributed by atoms with Crippen molar-refractivity contribution in [2.45, 2.75) is 38.6 Å². The van der Waals surface area contributed by atoms with Crippen molar-refractivity contribution in [2.75, 3.05) is 12.0 Å². The lowest BCUT2D eigenvalue weighted by Crippen LogP contribution is -2.51. The van der Waals surface area contributed by atoms with E-state index in [2.05, 4.69) is 13.0 Å². The van der Waals surface area contributed by atoms with Gasteiger partial charge in [0.05, 0.1) is 18.3 Å². The molecule has 0 saturated carbocycles. The predicted octanol–water partition coefficient (Wildman–Crippen LogP) is 3.85. The normalized spacial score (nSPS) is 18.1. The average molecular weight is 294 g/mol. The molecule has 0 aromatic heterocycles. The fourth-order valence-corrected chi connectivity index (χ4v) is 2.82. The summed E-state index contributed by atoms with van der Waals surface area (Å²) >= 11 is 6.02. The Bertz CT molecular complexity index is 576. The number of hydrogen-bond donors (Lipinski definition) is 0. The van der Waals surface area contributed by atoms with Crippen LogP contribution in [0.2, 0.25) is 0 Å². The molecule has 0 radical (unpaired) electrons. The van der Waals surface area contributed by atoms with Crippen LogP contribution in [0, 0.1) is 0 Å². The van der Waals surface area contributed by atoms with Gasteiger partial charge >= 0.3 is 0 Å². The summed E-state index contributed by atoms with van der Waals surface area (Å²) in [6.07, 6.45) is 2.10. The Morgan fingerprint density at radius 2 is 2.05 bits per heavy atom. The van der Waals surface area contributed by atoms with E-state index in [0.29, 0.717) is 0 Å². The number of nitrogens with zero attached hydrogens (tertiary/aromatic N) is 1. The highest BCUT2D eigenvalue weighted by atomic mass is 35.5. The maximum atomic E-state index is 12.5. The number of amides is 1. The summed E-state index contributed by atoms with van der Waals surface area (Å²) in [5, 5.41) is -0.569. The van der Waals surface area contributed by atoms with Crippen LogP contribution in [-0.2, 0) is 4.79 Å². The lowest BCUT2D eigenvalue weighted by Gasteiger charge is -2.42. The smallest absolute Gasteiger partial charge is 0.245 e. The van der Waals surface area contributed by atoms with Crippen LogP contribution in [0.4, 0.5) is 5.69 Å². The average Bonchev–Trinajstić information content (AvgIpc) is 2.36. The molecule has 0 bridgehead atoms. The molecule has 0 fully saturated rings. The van der Waals surface area contributed by atoms with Crippen LogP contribution in [0.3, 0.4) is 0 Å². The standard InChI is InChI=1S/C16H20ClNO2/c1-10-9-16(3,4)18(15(19)11(2)17)14-8-12(20-5)6-7-13(10)14/h6-9,11H,1-5H3/t11-/m0/s1. The van der Waals surface area contributed by atoms with E-state index in [4.69, 9.17) is 16.3 Å². The monoisotopic (exact) mass is 293 g/mol. The summed E-state index contributed by atoms with van der Waals surface area (Å²) in [6, 6.07) is 5.78. The van der Waals surface area contributed by atoms with Gasteiger partial charge in [0.25, 0.3) is 0 Å². The molecule has 4 heteroatoms. The number of methoxy groups -OCH3 is 1. The Morgan fingerprint density at radius 3 is 2.60 bits per heavy atom. The highest BCUT2D eigenvalue weighted by Gasteiger charge is 2.37. The van der Waals surface area contributed by atoms with Gasteiger partial charge in [-0.05, 0) is 45.4 Å². The number of halogens is 1. The molecule has 1 aliphatic heterocycles. The van der Waals surface area contributed by atoms with Gasteiger partial charge in [-0.2, -0.15) is 0 Å². The van der Waals surface area contributed by atoms with Gasteiger partial charge in [0, 0.05) is 11.6 Å². The van der Waals surface area contributed by atoms with E-state index in [0.717, 1.165) is 22.6 Å². The summed E-state index contributed by atoms with van der Waals surface area (Å²) in [6.45, 7) is 7.77. The van der Waals surface area contributed by atoms with Crippen molar-refractivity contribution in [1.29, 1.82) is 0 Å². The van der Waals surface area contributed by atoms with Crippen LogP contribution in [-0.4, -0.2) is 23.9 Å². The van der Waals surface area contributed by atoms with Crippen LogP contribution < -0.4 is 9.64 Å². The third-order valence-electron chi connectivity index (χ3n) is 3.58. The largest absolute Gasteiger partial charge is 0.497 e. The number of anilines is 1. The second-order valence-electron chi connectivity index (χ2n) is 5.65. The van der Waals surface area contributed by atoms with E-state index in [-0.39, 0.29) is 5.91 Å². The summed E-state index contributed by atoms with van der Waals surface area (Å²) in [4.78, 5) is 14.3. The van der Waals surface area contributed by atoms with Crippen molar-refractivity contribution in [1.82, 2.24) is 0 Å². The zero-order valence-corrected chi connectivity index (χ0v) is 13.3. The molecule has 0 N–H and O–H groups in total. The summed E-state index contributed by atoms with van der Waals surface area (Å²) in [5.41, 5.74) is 2.63.